The van der Waals surface area contributed by atoms with Crippen LogP contribution in [0.5, 0.6) is 11.5 Å². The van der Waals surface area contributed by atoms with E-state index in [-0.39, 0.29) is 5.91 Å². The zero-order valence-electron chi connectivity index (χ0n) is 10.7. The number of likely N-dealkylation sites (tertiary alicyclic amines) is 1. The Kier molecular flexibility index (Phi) is 3.29. The zero-order valence-corrected chi connectivity index (χ0v) is 10.7. The molecule has 2 heterocycles. The average Bonchev–Trinajstić information content (AvgIpc) is 2.46. The molecule has 3 rings (SSSR count). The van der Waals surface area contributed by atoms with Crippen LogP contribution >= 0.6 is 0 Å². The largest absolute Gasteiger partial charge is 0.486 e. The summed E-state index contributed by atoms with van der Waals surface area (Å²) in [5, 5.41) is 9.63. The summed E-state index contributed by atoms with van der Waals surface area (Å²) >= 11 is 0. The average molecular weight is 263 g/mol. The van der Waals surface area contributed by atoms with Crippen molar-refractivity contribution in [3.63, 3.8) is 0 Å². The third kappa shape index (κ3) is 2.51. The molecule has 0 bridgehead atoms. The van der Waals surface area contributed by atoms with Gasteiger partial charge in [0.2, 0.25) is 0 Å². The standard InChI is InChI=1S/C14H17NO4/c16-11-2-1-5-15(9-11)14(17)10-3-4-12-13(8-10)19-7-6-18-12/h3-4,8,11,16H,1-2,5-7,9H2. The van der Waals surface area contributed by atoms with Crippen LogP contribution in [0.3, 0.4) is 0 Å². The molecule has 1 aromatic carbocycles. The van der Waals surface area contributed by atoms with Gasteiger partial charge in [-0.1, -0.05) is 0 Å². The van der Waals surface area contributed by atoms with Gasteiger partial charge in [0.1, 0.15) is 13.2 Å². The molecule has 0 spiro atoms. The maximum absolute atomic E-state index is 12.3. The minimum atomic E-state index is -0.407. The predicted octanol–water partition coefficient (Wildman–Crippen LogP) is 1.05. The van der Waals surface area contributed by atoms with Gasteiger partial charge < -0.3 is 19.5 Å². The van der Waals surface area contributed by atoms with Crippen molar-refractivity contribution in [1.82, 2.24) is 4.90 Å². The van der Waals surface area contributed by atoms with Crippen molar-refractivity contribution in [2.24, 2.45) is 0 Å². The van der Waals surface area contributed by atoms with E-state index in [1.165, 1.54) is 0 Å². The number of ether oxygens (including phenoxy) is 2. The van der Waals surface area contributed by atoms with Gasteiger partial charge in [-0.15, -0.1) is 0 Å². The van der Waals surface area contributed by atoms with Crippen LogP contribution in [0.1, 0.15) is 23.2 Å². The number of nitrogens with zero attached hydrogens (tertiary/aromatic N) is 1. The summed E-state index contributed by atoms with van der Waals surface area (Å²) in [4.78, 5) is 14.0. The first-order valence-electron chi connectivity index (χ1n) is 6.61. The van der Waals surface area contributed by atoms with Crippen LogP contribution in [0.4, 0.5) is 0 Å². The highest BCUT2D eigenvalue weighted by Crippen LogP contribution is 2.31. The number of benzene rings is 1. The highest BCUT2D eigenvalue weighted by molar-refractivity contribution is 5.95. The molecule has 1 aromatic rings. The highest BCUT2D eigenvalue weighted by atomic mass is 16.6. The molecule has 0 aliphatic carbocycles. The SMILES string of the molecule is O=C(c1ccc2c(c1)OCCO2)N1CCCC(O)C1. The molecule has 1 saturated heterocycles. The number of β-amino-alcohol motifs (C(OH)–C–C–N with tert-alkyl or cyclic N) is 1. The fraction of sp³-hybridized carbons (Fsp3) is 0.500. The number of carbonyl (C=O) groups is 1. The summed E-state index contributed by atoms with van der Waals surface area (Å²) in [6, 6.07) is 5.23. The zero-order chi connectivity index (χ0) is 13.2. The Morgan fingerprint density at radius 3 is 2.84 bits per heavy atom. The fourth-order valence-electron chi connectivity index (χ4n) is 2.50. The molecule has 19 heavy (non-hydrogen) atoms. The number of hydrogen-bond acceptors (Lipinski definition) is 4. The first-order valence-corrected chi connectivity index (χ1v) is 6.61. The number of hydrogen-bond donors (Lipinski definition) is 1. The van der Waals surface area contributed by atoms with E-state index in [2.05, 4.69) is 0 Å². The van der Waals surface area contributed by atoms with Gasteiger partial charge in [-0.25, -0.2) is 0 Å². The number of aliphatic hydroxyl groups is 1. The molecule has 0 radical (unpaired) electrons. The van der Waals surface area contributed by atoms with Crippen LogP contribution < -0.4 is 9.47 Å². The molecular weight excluding hydrogens is 246 g/mol. The second-order valence-corrected chi connectivity index (χ2v) is 4.91. The third-order valence-electron chi connectivity index (χ3n) is 3.47. The maximum atomic E-state index is 12.3. The van der Waals surface area contributed by atoms with E-state index in [0.717, 1.165) is 12.8 Å². The van der Waals surface area contributed by atoms with Gasteiger partial charge in [0.05, 0.1) is 6.10 Å². The van der Waals surface area contributed by atoms with E-state index in [1.807, 2.05) is 0 Å². The highest BCUT2D eigenvalue weighted by Gasteiger charge is 2.24. The number of carbonyl (C=O) groups excluding carboxylic acids is 1. The van der Waals surface area contributed by atoms with Crippen molar-refractivity contribution in [1.29, 1.82) is 0 Å². The number of rotatable bonds is 1. The summed E-state index contributed by atoms with van der Waals surface area (Å²) in [6.07, 6.45) is 1.21. The molecule has 2 aliphatic rings. The number of amides is 1. The Balaban J connectivity index is 1.79. The number of piperidine rings is 1. The van der Waals surface area contributed by atoms with Gasteiger partial charge in [0.25, 0.3) is 5.91 Å². The molecule has 2 aliphatic heterocycles. The quantitative estimate of drug-likeness (QED) is 0.823. The molecule has 1 N–H and O–H groups in total. The molecular formula is C14H17NO4. The Hall–Kier alpha value is -1.75. The van der Waals surface area contributed by atoms with Crippen LogP contribution in [0.15, 0.2) is 18.2 Å². The smallest absolute Gasteiger partial charge is 0.254 e. The lowest BCUT2D eigenvalue weighted by molar-refractivity contribution is 0.0473. The topological polar surface area (TPSA) is 59.0 Å². The fourth-order valence-corrected chi connectivity index (χ4v) is 2.50. The van der Waals surface area contributed by atoms with Gasteiger partial charge in [-0.2, -0.15) is 0 Å². The summed E-state index contributed by atoms with van der Waals surface area (Å²) in [5.74, 6) is 1.24. The molecule has 102 valence electrons. The van der Waals surface area contributed by atoms with E-state index < -0.39 is 6.10 Å². The molecule has 0 saturated carbocycles. The molecule has 5 heteroatoms. The van der Waals surface area contributed by atoms with Crippen LogP contribution in [-0.4, -0.2) is 48.3 Å². The van der Waals surface area contributed by atoms with Gasteiger partial charge in [0.15, 0.2) is 11.5 Å². The van der Waals surface area contributed by atoms with Gasteiger partial charge in [-0.3, -0.25) is 4.79 Å². The predicted molar refractivity (Wildman–Crippen MR) is 68.6 cm³/mol. The molecule has 0 aromatic heterocycles. The van der Waals surface area contributed by atoms with Gasteiger partial charge in [-0.05, 0) is 31.0 Å². The van der Waals surface area contributed by atoms with Crippen molar-refractivity contribution >= 4 is 5.91 Å². The normalized spacial score (nSPS) is 22.2. The molecule has 1 amide bonds. The Labute approximate surface area is 111 Å². The molecule has 1 atom stereocenters. The summed E-state index contributed by atoms with van der Waals surface area (Å²) < 4.78 is 10.9. The van der Waals surface area contributed by atoms with Crippen LogP contribution in [0, 0.1) is 0 Å². The van der Waals surface area contributed by atoms with Crippen molar-refractivity contribution in [3.05, 3.63) is 23.8 Å². The molecule has 5 nitrogen and oxygen atoms in total. The van der Waals surface area contributed by atoms with Crippen molar-refractivity contribution in [2.45, 2.75) is 18.9 Å². The number of fused-ring (bicyclic) bond motifs is 1. The van der Waals surface area contributed by atoms with E-state index >= 15 is 0 Å². The lowest BCUT2D eigenvalue weighted by Gasteiger charge is -2.30. The summed E-state index contributed by atoms with van der Waals surface area (Å²) in [5.41, 5.74) is 0.582. The van der Waals surface area contributed by atoms with Gasteiger partial charge >= 0.3 is 0 Å². The van der Waals surface area contributed by atoms with Crippen molar-refractivity contribution < 1.29 is 19.4 Å². The lowest BCUT2D eigenvalue weighted by Crippen LogP contribution is -2.42. The minimum Gasteiger partial charge on any atom is -0.486 e. The molecule has 1 fully saturated rings. The van der Waals surface area contributed by atoms with E-state index in [9.17, 15) is 9.90 Å². The van der Waals surface area contributed by atoms with Crippen molar-refractivity contribution in [3.8, 4) is 11.5 Å². The number of aliphatic hydroxyl groups excluding tert-OH is 1. The summed E-state index contributed by atoms with van der Waals surface area (Å²) in [7, 11) is 0. The van der Waals surface area contributed by atoms with Crippen LogP contribution in [0.2, 0.25) is 0 Å². The van der Waals surface area contributed by atoms with E-state index in [0.29, 0.717) is 43.4 Å². The monoisotopic (exact) mass is 263 g/mol. The first-order chi connectivity index (χ1) is 9.24. The van der Waals surface area contributed by atoms with Crippen molar-refractivity contribution in [2.75, 3.05) is 26.3 Å². The lowest BCUT2D eigenvalue weighted by atomic mass is 10.1. The van der Waals surface area contributed by atoms with Crippen LogP contribution in [0.25, 0.3) is 0 Å². The first kappa shape index (κ1) is 12.3. The second kappa shape index (κ2) is 5.09. The van der Waals surface area contributed by atoms with Gasteiger partial charge in [0, 0.05) is 18.7 Å². The Morgan fingerprint density at radius 2 is 2.05 bits per heavy atom. The minimum absolute atomic E-state index is 0.0595. The third-order valence-corrected chi connectivity index (χ3v) is 3.47. The van der Waals surface area contributed by atoms with Crippen LogP contribution in [-0.2, 0) is 0 Å². The maximum Gasteiger partial charge on any atom is 0.254 e. The second-order valence-electron chi connectivity index (χ2n) is 4.91. The molecule has 1 unspecified atom stereocenters. The Bertz CT molecular complexity index is 488. The Morgan fingerprint density at radius 1 is 1.26 bits per heavy atom. The summed E-state index contributed by atoms with van der Waals surface area (Å²) in [6.45, 7) is 2.16. The van der Waals surface area contributed by atoms with E-state index in [1.54, 1.807) is 23.1 Å². The van der Waals surface area contributed by atoms with E-state index in [4.69, 9.17) is 9.47 Å².